The number of hydrogen-bond acceptors (Lipinski definition) is 5. The first-order valence-electron chi connectivity index (χ1n) is 12.2. The summed E-state index contributed by atoms with van der Waals surface area (Å²) in [5.74, 6) is -1.20. The van der Waals surface area contributed by atoms with E-state index in [0.29, 0.717) is 24.0 Å². The molecule has 8 nitrogen and oxygen atoms in total. The fourth-order valence-corrected chi connectivity index (χ4v) is 5.20. The summed E-state index contributed by atoms with van der Waals surface area (Å²) in [5.41, 5.74) is 2.06. The van der Waals surface area contributed by atoms with Crippen molar-refractivity contribution in [2.45, 2.75) is 57.6 Å². The van der Waals surface area contributed by atoms with Crippen LogP contribution in [0.15, 0.2) is 36.4 Å². The van der Waals surface area contributed by atoms with E-state index >= 15 is 0 Å². The van der Waals surface area contributed by atoms with Crippen LogP contribution in [0.4, 0.5) is 0 Å². The van der Waals surface area contributed by atoms with Gasteiger partial charge >= 0.3 is 11.9 Å². The van der Waals surface area contributed by atoms with E-state index in [4.69, 9.17) is 10.2 Å². The number of hydrogen-bond donors (Lipinski definition) is 3. The van der Waals surface area contributed by atoms with Gasteiger partial charge in [0, 0.05) is 37.3 Å². The predicted molar refractivity (Wildman–Crippen MR) is 127 cm³/mol. The second-order valence-corrected chi connectivity index (χ2v) is 9.56. The summed E-state index contributed by atoms with van der Waals surface area (Å²) in [6.45, 7) is 4.61. The number of aliphatic hydroxyl groups is 1. The molecule has 1 unspecified atom stereocenters. The third-order valence-electron chi connectivity index (χ3n) is 7.09. The molecule has 3 N–H and O–H groups in total. The average Bonchev–Trinajstić information content (AvgIpc) is 3.15. The minimum absolute atomic E-state index is 0.151. The van der Waals surface area contributed by atoms with Gasteiger partial charge in [0.15, 0.2) is 0 Å². The van der Waals surface area contributed by atoms with Crippen molar-refractivity contribution in [3.8, 4) is 0 Å². The molecule has 0 radical (unpaired) electrons. The molecule has 186 valence electrons. The zero-order valence-corrected chi connectivity index (χ0v) is 19.6. The smallest absolute Gasteiger partial charge is 0.328 e. The van der Waals surface area contributed by atoms with Crippen molar-refractivity contribution in [1.82, 2.24) is 9.80 Å². The number of nitrogens with zero attached hydrogens (tertiary/aromatic N) is 2. The van der Waals surface area contributed by atoms with E-state index in [-0.39, 0.29) is 12.0 Å². The summed E-state index contributed by atoms with van der Waals surface area (Å²) in [5, 5.41) is 26.2. The number of piperidine rings is 1. The van der Waals surface area contributed by atoms with Crippen LogP contribution in [0.1, 0.15) is 60.9 Å². The van der Waals surface area contributed by atoms with Gasteiger partial charge in [0.25, 0.3) is 5.91 Å². The molecule has 1 saturated heterocycles. The largest absolute Gasteiger partial charge is 0.478 e. The average molecular weight is 473 g/mol. The number of aliphatic carboxylic acids is 2. The molecule has 0 aromatic heterocycles. The Morgan fingerprint density at radius 2 is 1.59 bits per heavy atom. The van der Waals surface area contributed by atoms with Crippen LogP contribution in [0.2, 0.25) is 0 Å². The third-order valence-corrected chi connectivity index (χ3v) is 7.09. The Hall–Kier alpha value is -2.71. The van der Waals surface area contributed by atoms with Crippen LogP contribution in [0.3, 0.4) is 0 Å². The molecule has 4 rings (SSSR count). The van der Waals surface area contributed by atoms with Crippen molar-refractivity contribution in [2.24, 2.45) is 11.8 Å². The second kappa shape index (κ2) is 12.7. The third kappa shape index (κ3) is 7.67. The fourth-order valence-electron chi connectivity index (χ4n) is 5.20. The lowest BCUT2D eigenvalue weighted by atomic mass is 9.85. The molecule has 1 amide bonds. The van der Waals surface area contributed by atoms with Crippen LogP contribution in [-0.4, -0.2) is 75.2 Å². The SMILES string of the molecule is O=C(O)/C=C/C(=O)O.O=C1c2ccccc2CN1CC1CCN(CC(O)C2CCCCC2)CC1. The van der Waals surface area contributed by atoms with Gasteiger partial charge in [-0.2, -0.15) is 0 Å². The normalized spacial score (nSPS) is 20.6. The molecule has 1 aromatic rings. The molecule has 2 heterocycles. The summed E-state index contributed by atoms with van der Waals surface area (Å²) < 4.78 is 0. The number of β-amino-alcohol motifs (C(OH)–C–C–N with tert-alkyl or cyclic N) is 1. The molecule has 34 heavy (non-hydrogen) atoms. The summed E-state index contributed by atoms with van der Waals surface area (Å²) >= 11 is 0. The molecule has 3 aliphatic rings. The van der Waals surface area contributed by atoms with Crippen LogP contribution in [0.25, 0.3) is 0 Å². The first-order chi connectivity index (χ1) is 16.3. The molecule has 0 spiro atoms. The number of aliphatic hydroxyl groups excluding tert-OH is 1. The number of carboxylic acid groups (broad SMARTS) is 2. The van der Waals surface area contributed by atoms with Crippen molar-refractivity contribution >= 4 is 17.8 Å². The van der Waals surface area contributed by atoms with Crippen molar-refractivity contribution in [1.29, 1.82) is 0 Å². The Kier molecular flexibility index (Phi) is 9.65. The van der Waals surface area contributed by atoms with Gasteiger partial charge in [-0.1, -0.05) is 37.5 Å². The van der Waals surface area contributed by atoms with Gasteiger partial charge in [-0.15, -0.1) is 0 Å². The van der Waals surface area contributed by atoms with Crippen LogP contribution in [0, 0.1) is 11.8 Å². The lowest BCUT2D eigenvalue weighted by molar-refractivity contribution is -0.134. The lowest BCUT2D eigenvalue weighted by Crippen LogP contribution is -2.43. The van der Waals surface area contributed by atoms with Gasteiger partial charge in [0.1, 0.15) is 0 Å². The lowest BCUT2D eigenvalue weighted by Gasteiger charge is -2.36. The Balaban J connectivity index is 0.000000350. The van der Waals surface area contributed by atoms with Gasteiger partial charge < -0.3 is 25.1 Å². The van der Waals surface area contributed by atoms with E-state index in [1.807, 2.05) is 23.1 Å². The first kappa shape index (κ1) is 25.9. The Bertz CT molecular complexity index is 856. The Morgan fingerprint density at radius 1 is 0.971 bits per heavy atom. The number of carbonyl (C=O) groups excluding carboxylic acids is 1. The number of amides is 1. The maximum Gasteiger partial charge on any atom is 0.328 e. The summed E-state index contributed by atoms with van der Waals surface area (Å²) in [6, 6.07) is 8.00. The van der Waals surface area contributed by atoms with Gasteiger partial charge in [-0.25, -0.2) is 9.59 Å². The number of rotatable bonds is 7. The number of carboxylic acids is 2. The number of fused-ring (bicyclic) bond motifs is 1. The fraction of sp³-hybridized carbons (Fsp3) is 0.577. The van der Waals surface area contributed by atoms with Crippen LogP contribution < -0.4 is 0 Å². The number of benzene rings is 1. The van der Waals surface area contributed by atoms with E-state index in [1.165, 1.54) is 37.7 Å². The van der Waals surface area contributed by atoms with Crippen LogP contribution in [-0.2, 0) is 16.1 Å². The van der Waals surface area contributed by atoms with E-state index in [2.05, 4.69) is 11.0 Å². The molecule has 0 bridgehead atoms. The first-order valence-corrected chi connectivity index (χ1v) is 12.2. The number of carbonyl (C=O) groups is 3. The highest BCUT2D eigenvalue weighted by Gasteiger charge is 2.31. The molecule has 1 saturated carbocycles. The molecule has 8 heteroatoms. The molecule has 2 aliphatic heterocycles. The second-order valence-electron chi connectivity index (χ2n) is 9.56. The van der Waals surface area contributed by atoms with Gasteiger partial charge in [0.05, 0.1) is 6.10 Å². The standard InChI is InChI=1S/C22H32N2O2.C4H4O4/c25-21(18-6-2-1-3-7-18)16-23-12-10-17(11-13-23)14-24-15-19-8-4-5-9-20(19)22(24)26;5-3(6)1-2-4(7)8/h4-5,8-9,17-18,21,25H,1-3,6-7,10-16H2;1-2H,(H,5,6)(H,7,8)/b;2-1+. The molecular weight excluding hydrogens is 436 g/mol. The van der Waals surface area contributed by atoms with E-state index in [0.717, 1.165) is 51.1 Å². The predicted octanol–water partition coefficient (Wildman–Crippen LogP) is 3.01. The van der Waals surface area contributed by atoms with Crippen LogP contribution in [0.5, 0.6) is 0 Å². The summed E-state index contributed by atoms with van der Waals surface area (Å²) in [4.78, 5) is 36.1. The van der Waals surface area contributed by atoms with Crippen molar-refractivity contribution in [3.05, 3.63) is 47.5 Å². The highest BCUT2D eigenvalue weighted by Crippen LogP contribution is 2.29. The number of likely N-dealkylation sites (tertiary alicyclic amines) is 1. The van der Waals surface area contributed by atoms with Gasteiger partial charge in [0.2, 0.25) is 0 Å². The highest BCUT2D eigenvalue weighted by atomic mass is 16.4. The zero-order chi connectivity index (χ0) is 24.5. The van der Waals surface area contributed by atoms with Crippen LogP contribution >= 0.6 is 0 Å². The van der Waals surface area contributed by atoms with E-state index in [9.17, 15) is 19.5 Å². The molecule has 1 aliphatic carbocycles. The van der Waals surface area contributed by atoms with Gasteiger partial charge in [-0.05, 0) is 62.2 Å². The highest BCUT2D eigenvalue weighted by molar-refractivity contribution is 5.98. The maximum absolute atomic E-state index is 12.5. The molecule has 1 atom stereocenters. The minimum atomic E-state index is -1.26. The van der Waals surface area contributed by atoms with Crippen molar-refractivity contribution < 1.29 is 29.7 Å². The topological polar surface area (TPSA) is 118 Å². The molecule has 1 aromatic carbocycles. The Labute approximate surface area is 200 Å². The molecule has 2 fully saturated rings. The van der Waals surface area contributed by atoms with Gasteiger partial charge in [-0.3, -0.25) is 4.79 Å². The van der Waals surface area contributed by atoms with E-state index in [1.54, 1.807) is 0 Å². The monoisotopic (exact) mass is 472 g/mol. The van der Waals surface area contributed by atoms with E-state index < -0.39 is 11.9 Å². The maximum atomic E-state index is 12.5. The Morgan fingerprint density at radius 3 is 2.18 bits per heavy atom. The zero-order valence-electron chi connectivity index (χ0n) is 19.6. The summed E-state index contributed by atoms with van der Waals surface area (Å²) in [7, 11) is 0. The van der Waals surface area contributed by atoms with Crippen molar-refractivity contribution in [2.75, 3.05) is 26.2 Å². The molecular formula is C26H36N2O6. The quantitative estimate of drug-likeness (QED) is 0.522. The summed E-state index contributed by atoms with van der Waals surface area (Å²) in [6.07, 6.45) is 9.56. The minimum Gasteiger partial charge on any atom is -0.478 e. The van der Waals surface area contributed by atoms with Crippen molar-refractivity contribution in [3.63, 3.8) is 0 Å².